The van der Waals surface area contributed by atoms with Crippen LogP contribution in [0.4, 0.5) is 15.3 Å². The van der Waals surface area contributed by atoms with Gasteiger partial charge in [-0.3, -0.25) is 19.6 Å². The Balaban J connectivity index is 1.43. The van der Waals surface area contributed by atoms with Crippen LogP contribution in [0.25, 0.3) is 10.9 Å². The van der Waals surface area contributed by atoms with Crippen molar-refractivity contribution >= 4 is 40.5 Å². The van der Waals surface area contributed by atoms with Gasteiger partial charge in [-0.1, -0.05) is 0 Å². The molecule has 1 aromatic heterocycles. The van der Waals surface area contributed by atoms with Crippen molar-refractivity contribution < 1.29 is 19.2 Å². The van der Waals surface area contributed by atoms with Crippen LogP contribution in [-0.4, -0.2) is 64.7 Å². The van der Waals surface area contributed by atoms with Gasteiger partial charge in [0.15, 0.2) is 0 Å². The molecule has 2 aliphatic heterocycles. The zero-order chi connectivity index (χ0) is 21.4. The zero-order valence-corrected chi connectivity index (χ0v) is 16.7. The van der Waals surface area contributed by atoms with Gasteiger partial charge in [-0.05, 0) is 24.6 Å². The Bertz CT molecular complexity index is 1040. The quantitative estimate of drug-likeness (QED) is 0.534. The van der Waals surface area contributed by atoms with Crippen LogP contribution in [0.1, 0.15) is 24.5 Å². The van der Waals surface area contributed by atoms with Crippen LogP contribution in [0.5, 0.6) is 0 Å². The Morgan fingerprint density at radius 1 is 1.23 bits per heavy atom. The molecule has 2 aromatic rings. The Morgan fingerprint density at radius 2 is 2.00 bits per heavy atom. The van der Waals surface area contributed by atoms with Crippen LogP contribution in [-0.2, 0) is 16.6 Å². The van der Waals surface area contributed by atoms with E-state index >= 15 is 0 Å². The summed E-state index contributed by atoms with van der Waals surface area (Å²) in [6.45, 7) is 0.923. The number of nitrogens with one attached hydrogen (secondary N) is 4. The molecule has 0 bridgehead atoms. The second kappa shape index (κ2) is 7.65. The van der Waals surface area contributed by atoms with Crippen molar-refractivity contribution in [3.8, 4) is 0 Å². The highest BCUT2D eigenvalue weighted by molar-refractivity contribution is 6.03. The van der Waals surface area contributed by atoms with Crippen molar-refractivity contribution in [1.82, 2.24) is 30.6 Å². The van der Waals surface area contributed by atoms with Crippen LogP contribution >= 0.6 is 0 Å². The third-order valence-corrected chi connectivity index (χ3v) is 5.43. The molecule has 4 N–H and O–H groups in total. The SMILES string of the molecule is CNC(=O)N1CC(NC(=O)Nc2ccc3c(C4CCC(=O)NC4=O)nn(C)c3c2)C1. The van der Waals surface area contributed by atoms with Gasteiger partial charge in [0.2, 0.25) is 11.8 Å². The third kappa shape index (κ3) is 3.65. The van der Waals surface area contributed by atoms with Crippen molar-refractivity contribution in [2.24, 2.45) is 7.05 Å². The average molecular weight is 413 g/mol. The van der Waals surface area contributed by atoms with Gasteiger partial charge < -0.3 is 20.9 Å². The van der Waals surface area contributed by atoms with Gasteiger partial charge in [-0.2, -0.15) is 5.10 Å². The molecule has 0 spiro atoms. The van der Waals surface area contributed by atoms with E-state index in [1.54, 1.807) is 35.8 Å². The number of anilines is 1. The molecule has 2 fully saturated rings. The summed E-state index contributed by atoms with van der Waals surface area (Å²) in [7, 11) is 3.33. The normalized spacial score (nSPS) is 19.3. The summed E-state index contributed by atoms with van der Waals surface area (Å²) in [6, 6.07) is 4.73. The van der Waals surface area contributed by atoms with E-state index in [0.717, 1.165) is 10.9 Å². The number of piperidine rings is 1. The number of hydrogen-bond acceptors (Lipinski definition) is 5. The first-order valence-electron chi connectivity index (χ1n) is 9.70. The number of benzene rings is 1. The number of aromatic nitrogens is 2. The summed E-state index contributed by atoms with van der Waals surface area (Å²) >= 11 is 0. The second-order valence-electron chi connectivity index (χ2n) is 7.50. The highest BCUT2D eigenvalue weighted by Crippen LogP contribution is 2.31. The summed E-state index contributed by atoms with van der Waals surface area (Å²) < 4.78 is 1.66. The second-order valence-corrected chi connectivity index (χ2v) is 7.50. The van der Waals surface area contributed by atoms with E-state index < -0.39 is 5.92 Å². The topological polar surface area (TPSA) is 137 Å². The van der Waals surface area contributed by atoms with Gasteiger partial charge in [-0.25, -0.2) is 9.59 Å². The molecule has 158 valence electrons. The number of carbonyl (C=O) groups is 4. The maximum atomic E-state index is 12.3. The monoisotopic (exact) mass is 413 g/mol. The molecule has 1 unspecified atom stereocenters. The largest absolute Gasteiger partial charge is 0.341 e. The summed E-state index contributed by atoms with van der Waals surface area (Å²) in [4.78, 5) is 48.9. The van der Waals surface area contributed by atoms with Gasteiger partial charge in [0.25, 0.3) is 0 Å². The molecule has 1 atom stereocenters. The van der Waals surface area contributed by atoms with E-state index in [9.17, 15) is 19.2 Å². The predicted octanol–water partition coefficient (Wildman–Crippen LogP) is 0.239. The molecule has 30 heavy (non-hydrogen) atoms. The molecule has 11 heteroatoms. The number of hydrogen-bond donors (Lipinski definition) is 4. The van der Waals surface area contributed by atoms with E-state index in [1.165, 1.54) is 0 Å². The number of nitrogens with zero attached hydrogens (tertiary/aromatic N) is 3. The molecule has 4 rings (SSSR count). The first-order valence-corrected chi connectivity index (χ1v) is 9.70. The highest BCUT2D eigenvalue weighted by atomic mass is 16.2. The number of fused-ring (bicyclic) bond motifs is 1. The number of urea groups is 2. The number of imide groups is 1. The minimum Gasteiger partial charge on any atom is -0.341 e. The van der Waals surface area contributed by atoms with Gasteiger partial charge in [-0.15, -0.1) is 0 Å². The van der Waals surface area contributed by atoms with Gasteiger partial charge in [0.05, 0.1) is 23.2 Å². The van der Waals surface area contributed by atoms with Crippen LogP contribution in [0.3, 0.4) is 0 Å². The molecule has 0 radical (unpaired) electrons. The van der Waals surface area contributed by atoms with E-state index in [1.807, 2.05) is 6.07 Å². The fraction of sp³-hybridized carbons (Fsp3) is 0.421. The molecule has 0 saturated carbocycles. The average Bonchev–Trinajstić information content (AvgIpc) is 3.00. The van der Waals surface area contributed by atoms with E-state index in [2.05, 4.69) is 26.4 Å². The van der Waals surface area contributed by atoms with E-state index in [4.69, 9.17) is 0 Å². The first-order chi connectivity index (χ1) is 14.4. The lowest BCUT2D eigenvalue weighted by molar-refractivity contribution is -0.134. The van der Waals surface area contributed by atoms with Gasteiger partial charge >= 0.3 is 12.1 Å². The summed E-state index contributed by atoms with van der Waals surface area (Å²) in [5.74, 6) is -1.08. The van der Waals surface area contributed by atoms with E-state index in [0.29, 0.717) is 30.9 Å². The zero-order valence-electron chi connectivity index (χ0n) is 16.7. The fourth-order valence-electron chi connectivity index (χ4n) is 3.82. The van der Waals surface area contributed by atoms with Crippen molar-refractivity contribution in [1.29, 1.82) is 0 Å². The Kier molecular flexibility index (Phi) is 5.02. The maximum absolute atomic E-state index is 12.3. The molecule has 3 heterocycles. The Hall–Kier alpha value is -3.63. The standard InChI is InChI=1S/C19H23N7O4/c1-20-19(30)26-8-11(9-26)22-18(29)21-10-3-4-12-14(7-10)25(2)24-16(12)13-5-6-15(27)23-17(13)28/h3-4,7,11,13H,5-6,8-9H2,1-2H3,(H,20,30)(H2,21,22,29)(H,23,27,28). The summed E-state index contributed by atoms with van der Waals surface area (Å²) in [5.41, 5.74) is 1.97. The molecule has 11 nitrogen and oxygen atoms in total. The Morgan fingerprint density at radius 3 is 2.70 bits per heavy atom. The third-order valence-electron chi connectivity index (χ3n) is 5.43. The maximum Gasteiger partial charge on any atom is 0.319 e. The number of amides is 6. The lowest BCUT2D eigenvalue weighted by atomic mass is 9.93. The minimum atomic E-state index is -0.476. The number of aryl methyl sites for hydroxylation is 1. The predicted molar refractivity (Wildman–Crippen MR) is 108 cm³/mol. The lowest BCUT2D eigenvalue weighted by Gasteiger charge is -2.38. The van der Waals surface area contributed by atoms with Crippen molar-refractivity contribution in [2.45, 2.75) is 24.8 Å². The van der Waals surface area contributed by atoms with Gasteiger partial charge in [0, 0.05) is 44.7 Å². The Labute approximate surface area is 172 Å². The van der Waals surface area contributed by atoms with Crippen LogP contribution in [0, 0.1) is 0 Å². The number of rotatable bonds is 3. The molecule has 1 aromatic carbocycles. The molecule has 2 aliphatic rings. The van der Waals surface area contributed by atoms with Crippen LogP contribution in [0.15, 0.2) is 18.2 Å². The molecule has 6 amide bonds. The van der Waals surface area contributed by atoms with Crippen LogP contribution < -0.4 is 21.3 Å². The van der Waals surface area contributed by atoms with Crippen molar-refractivity contribution in [3.63, 3.8) is 0 Å². The smallest absolute Gasteiger partial charge is 0.319 e. The highest BCUT2D eigenvalue weighted by Gasteiger charge is 2.32. The van der Waals surface area contributed by atoms with Crippen LogP contribution in [0.2, 0.25) is 0 Å². The number of likely N-dealkylation sites (tertiary alicyclic amines) is 1. The van der Waals surface area contributed by atoms with Crippen molar-refractivity contribution in [3.05, 3.63) is 23.9 Å². The molecular formula is C19H23N7O4. The summed E-state index contributed by atoms with van der Waals surface area (Å²) in [5, 5.41) is 15.8. The molecular weight excluding hydrogens is 390 g/mol. The number of carbonyl (C=O) groups excluding carboxylic acids is 4. The first kappa shape index (κ1) is 19.7. The van der Waals surface area contributed by atoms with E-state index in [-0.39, 0.29) is 36.3 Å². The fourth-order valence-corrected chi connectivity index (χ4v) is 3.82. The van der Waals surface area contributed by atoms with Gasteiger partial charge in [0.1, 0.15) is 0 Å². The minimum absolute atomic E-state index is 0.0955. The lowest BCUT2D eigenvalue weighted by Crippen LogP contribution is -2.63. The van der Waals surface area contributed by atoms with Crippen molar-refractivity contribution in [2.75, 3.05) is 25.5 Å². The summed E-state index contributed by atoms with van der Waals surface area (Å²) in [6.07, 6.45) is 0.709. The molecule has 0 aliphatic carbocycles. The molecule has 2 saturated heterocycles.